The highest BCUT2D eigenvalue weighted by Gasteiger charge is 2.41. The molecular weight excluding hydrogens is 368 g/mol. The topological polar surface area (TPSA) is 59.1 Å². The Balaban J connectivity index is 1.23. The van der Waals surface area contributed by atoms with Gasteiger partial charge in [0.15, 0.2) is 11.5 Å². The van der Waals surface area contributed by atoms with E-state index < -0.39 is 0 Å². The van der Waals surface area contributed by atoms with Crippen molar-refractivity contribution in [2.75, 3.05) is 37.7 Å². The van der Waals surface area contributed by atoms with Crippen molar-refractivity contribution in [3.63, 3.8) is 0 Å². The third kappa shape index (κ3) is 3.58. The summed E-state index contributed by atoms with van der Waals surface area (Å²) >= 11 is 0. The van der Waals surface area contributed by atoms with Crippen molar-refractivity contribution in [2.24, 2.45) is 11.3 Å². The number of anilines is 1. The fourth-order valence-corrected chi connectivity index (χ4v) is 5.58. The monoisotopic (exact) mass is 398 g/mol. The number of benzene rings is 1. The summed E-state index contributed by atoms with van der Waals surface area (Å²) in [4.78, 5) is 29.5. The highest BCUT2D eigenvalue weighted by atomic mass is 16.6. The summed E-state index contributed by atoms with van der Waals surface area (Å²) in [5.41, 5.74) is 1.27. The molecule has 1 saturated carbocycles. The molecule has 1 atom stereocenters. The molecule has 2 saturated heterocycles. The summed E-state index contributed by atoms with van der Waals surface area (Å²) in [6.07, 6.45) is 9.27. The van der Waals surface area contributed by atoms with Gasteiger partial charge >= 0.3 is 0 Å². The lowest BCUT2D eigenvalue weighted by molar-refractivity contribution is -0.138. The molecule has 156 valence electrons. The van der Waals surface area contributed by atoms with Gasteiger partial charge in [0.2, 0.25) is 11.8 Å². The van der Waals surface area contributed by atoms with E-state index in [-0.39, 0.29) is 17.7 Å². The second-order valence-corrected chi connectivity index (χ2v) is 9.12. The average Bonchev–Trinajstić information content (AvgIpc) is 3.16. The van der Waals surface area contributed by atoms with E-state index in [1.54, 1.807) is 4.90 Å². The van der Waals surface area contributed by atoms with Crippen LogP contribution in [0.25, 0.3) is 0 Å². The molecule has 4 aliphatic rings. The van der Waals surface area contributed by atoms with Crippen LogP contribution in [0.1, 0.15) is 51.4 Å². The van der Waals surface area contributed by atoms with Crippen LogP contribution in [-0.4, -0.2) is 49.6 Å². The summed E-state index contributed by atoms with van der Waals surface area (Å²) in [5, 5.41) is 0. The van der Waals surface area contributed by atoms with Gasteiger partial charge in [-0.25, -0.2) is 0 Å². The number of carbonyl (C=O) groups is 2. The Bertz CT molecular complexity index is 792. The molecule has 5 rings (SSSR count). The molecule has 0 radical (unpaired) electrons. The van der Waals surface area contributed by atoms with E-state index in [1.165, 1.54) is 32.1 Å². The predicted molar refractivity (Wildman–Crippen MR) is 109 cm³/mol. The molecule has 0 bridgehead atoms. The second-order valence-electron chi connectivity index (χ2n) is 9.12. The lowest BCUT2D eigenvalue weighted by atomic mass is 9.68. The molecular formula is C23H30N2O4. The van der Waals surface area contributed by atoms with Crippen molar-refractivity contribution in [1.29, 1.82) is 0 Å². The van der Waals surface area contributed by atoms with Gasteiger partial charge in [-0.2, -0.15) is 0 Å². The highest BCUT2D eigenvalue weighted by Crippen LogP contribution is 2.45. The zero-order valence-corrected chi connectivity index (χ0v) is 17.0. The van der Waals surface area contributed by atoms with Gasteiger partial charge in [0.05, 0.1) is 5.92 Å². The molecule has 29 heavy (non-hydrogen) atoms. The van der Waals surface area contributed by atoms with Crippen LogP contribution in [0.3, 0.4) is 0 Å². The first-order valence-electron chi connectivity index (χ1n) is 11.1. The Morgan fingerprint density at radius 3 is 2.45 bits per heavy atom. The maximum Gasteiger partial charge on any atom is 0.228 e. The van der Waals surface area contributed by atoms with Crippen molar-refractivity contribution in [2.45, 2.75) is 51.4 Å². The zero-order chi connectivity index (χ0) is 19.8. The molecule has 0 N–H and O–H groups in total. The first-order chi connectivity index (χ1) is 14.1. The Kier molecular flexibility index (Phi) is 4.88. The molecule has 1 aromatic rings. The van der Waals surface area contributed by atoms with Gasteiger partial charge in [-0.15, -0.1) is 0 Å². The van der Waals surface area contributed by atoms with Gasteiger partial charge in [0, 0.05) is 37.8 Å². The molecule has 0 aromatic heterocycles. The predicted octanol–water partition coefficient (Wildman–Crippen LogP) is 3.38. The van der Waals surface area contributed by atoms with Gasteiger partial charge in [0.25, 0.3) is 0 Å². The number of carbonyl (C=O) groups excluding carboxylic acids is 2. The smallest absolute Gasteiger partial charge is 0.228 e. The zero-order valence-electron chi connectivity index (χ0n) is 17.0. The van der Waals surface area contributed by atoms with Crippen LogP contribution < -0.4 is 14.4 Å². The van der Waals surface area contributed by atoms with Crippen LogP contribution in [0.15, 0.2) is 18.2 Å². The number of hydrogen-bond donors (Lipinski definition) is 0. The second kappa shape index (κ2) is 7.54. The number of ether oxygens (including phenoxy) is 2. The van der Waals surface area contributed by atoms with Crippen LogP contribution in [0.5, 0.6) is 11.5 Å². The Labute approximate surface area is 172 Å². The molecule has 6 nitrogen and oxygen atoms in total. The van der Waals surface area contributed by atoms with Gasteiger partial charge in [0.1, 0.15) is 13.2 Å². The minimum atomic E-state index is -0.240. The highest BCUT2D eigenvalue weighted by molar-refractivity contribution is 6.00. The first kappa shape index (κ1) is 18.8. The first-order valence-corrected chi connectivity index (χ1v) is 11.1. The van der Waals surface area contributed by atoms with Gasteiger partial charge in [-0.1, -0.05) is 19.3 Å². The van der Waals surface area contributed by atoms with Gasteiger partial charge in [-0.05, 0) is 43.2 Å². The van der Waals surface area contributed by atoms with Crippen molar-refractivity contribution < 1.29 is 19.1 Å². The summed E-state index contributed by atoms with van der Waals surface area (Å²) in [7, 11) is 0. The van der Waals surface area contributed by atoms with Crippen LogP contribution in [-0.2, 0) is 9.59 Å². The minimum Gasteiger partial charge on any atom is -0.486 e. The lowest BCUT2D eigenvalue weighted by Crippen LogP contribution is -2.46. The van der Waals surface area contributed by atoms with E-state index in [0.717, 1.165) is 31.6 Å². The number of rotatable bonds is 2. The standard InChI is InChI=1S/C23H30N2O4/c26-21-14-17(16-25(21)18-4-5-19-20(15-18)29-13-12-28-19)22(27)24-10-8-23(9-11-24)6-2-1-3-7-23/h4-5,15,17H,1-3,6-14,16H2. The Morgan fingerprint density at radius 1 is 0.966 bits per heavy atom. The Hall–Kier alpha value is -2.24. The molecule has 6 heteroatoms. The minimum absolute atomic E-state index is 0.0146. The number of hydrogen-bond acceptors (Lipinski definition) is 4. The van der Waals surface area contributed by atoms with E-state index in [2.05, 4.69) is 0 Å². The average molecular weight is 399 g/mol. The number of piperidine rings is 1. The van der Waals surface area contributed by atoms with Crippen LogP contribution in [0.4, 0.5) is 5.69 Å². The summed E-state index contributed by atoms with van der Waals surface area (Å²) in [6.45, 7) is 3.23. The summed E-state index contributed by atoms with van der Waals surface area (Å²) < 4.78 is 11.2. The molecule has 1 aromatic carbocycles. The van der Waals surface area contributed by atoms with E-state index in [1.807, 2.05) is 23.1 Å². The molecule has 3 heterocycles. The van der Waals surface area contributed by atoms with Crippen LogP contribution in [0.2, 0.25) is 0 Å². The fourth-order valence-electron chi connectivity index (χ4n) is 5.58. The molecule has 1 aliphatic carbocycles. The number of fused-ring (bicyclic) bond motifs is 1. The normalized spacial score (nSPS) is 26.1. The van der Waals surface area contributed by atoms with E-state index in [0.29, 0.717) is 43.1 Å². The maximum atomic E-state index is 13.1. The third-order valence-electron chi connectivity index (χ3n) is 7.36. The third-order valence-corrected chi connectivity index (χ3v) is 7.36. The number of amides is 2. The molecule has 3 fully saturated rings. The quantitative estimate of drug-likeness (QED) is 0.766. The number of nitrogens with zero attached hydrogens (tertiary/aromatic N) is 2. The SMILES string of the molecule is O=C(C1CC(=O)N(c2ccc3c(c2)OCCO3)C1)N1CCC2(CCCCC2)CC1. The van der Waals surface area contributed by atoms with E-state index >= 15 is 0 Å². The maximum absolute atomic E-state index is 13.1. The molecule has 1 unspecified atom stereocenters. The van der Waals surface area contributed by atoms with Crippen molar-refractivity contribution in [3.8, 4) is 11.5 Å². The van der Waals surface area contributed by atoms with Crippen molar-refractivity contribution >= 4 is 17.5 Å². The number of likely N-dealkylation sites (tertiary alicyclic amines) is 1. The lowest BCUT2D eigenvalue weighted by Gasteiger charge is -2.44. The van der Waals surface area contributed by atoms with Crippen LogP contribution >= 0.6 is 0 Å². The Morgan fingerprint density at radius 2 is 1.69 bits per heavy atom. The molecule has 2 amide bonds. The van der Waals surface area contributed by atoms with Gasteiger partial charge < -0.3 is 19.3 Å². The van der Waals surface area contributed by atoms with E-state index in [9.17, 15) is 9.59 Å². The van der Waals surface area contributed by atoms with Crippen molar-refractivity contribution in [1.82, 2.24) is 4.90 Å². The van der Waals surface area contributed by atoms with Crippen molar-refractivity contribution in [3.05, 3.63) is 18.2 Å². The largest absolute Gasteiger partial charge is 0.486 e. The summed E-state index contributed by atoms with van der Waals surface area (Å²) in [5.74, 6) is 1.32. The molecule has 3 aliphatic heterocycles. The van der Waals surface area contributed by atoms with E-state index in [4.69, 9.17) is 9.47 Å². The molecule has 1 spiro atoms. The van der Waals surface area contributed by atoms with Crippen LogP contribution in [0, 0.1) is 11.3 Å². The fraction of sp³-hybridized carbons (Fsp3) is 0.652. The summed E-state index contributed by atoms with van der Waals surface area (Å²) in [6, 6.07) is 5.58. The van der Waals surface area contributed by atoms with Gasteiger partial charge in [-0.3, -0.25) is 9.59 Å².